The molecule has 0 spiro atoms. The van der Waals surface area contributed by atoms with Crippen molar-refractivity contribution in [1.82, 2.24) is 15.2 Å². The molecule has 158 valence electrons. The van der Waals surface area contributed by atoms with Gasteiger partial charge in [0.25, 0.3) is 5.91 Å². The van der Waals surface area contributed by atoms with Crippen LogP contribution in [0, 0.1) is 0 Å². The first-order valence-corrected chi connectivity index (χ1v) is 10.7. The number of carbonyl (C=O) groups is 2. The van der Waals surface area contributed by atoms with Gasteiger partial charge < -0.3 is 10.2 Å². The minimum absolute atomic E-state index is 0.0432. The van der Waals surface area contributed by atoms with Crippen LogP contribution in [0.1, 0.15) is 36.8 Å². The first kappa shape index (κ1) is 20.8. The van der Waals surface area contributed by atoms with Crippen molar-refractivity contribution < 1.29 is 9.59 Å². The average molecular weight is 414 g/mol. The van der Waals surface area contributed by atoms with Gasteiger partial charge in [0, 0.05) is 44.0 Å². The van der Waals surface area contributed by atoms with E-state index in [1.807, 2.05) is 42.6 Å². The second-order valence-corrected chi connectivity index (χ2v) is 8.17. The van der Waals surface area contributed by atoms with Gasteiger partial charge in [0.2, 0.25) is 5.91 Å². The molecule has 2 aromatic rings. The lowest BCUT2D eigenvalue weighted by molar-refractivity contribution is -0.123. The summed E-state index contributed by atoms with van der Waals surface area (Å²) in [6, 6.07) is 12.1. The predicted octanol–water partition coefficient (Wildman–Crippen LogP) is 4.23. The molecular weight excluding hydrogens is 386 g/mol. The van der Waals surface area contributed by atoms with Crippen LogP contribution < -0.4 is 5.32 Å². The normalized spacial score (nSPS) is 16.5. The summed E-state index contributed by atoms with van der Waals surface area (Å²) in [4.78, 5) is 30.3. The van der Waals surface area contributed by atoms with Crippen LogP contribution in [0.5, 0.6) is 0 Å². The lowest BCUT2D eigenvalue weighted by Gasteiger charge is -2.17. The fraction of sp³-hybridized carbons (Fsp3) is 0.269. The maximum absolute atomic E-state index is 12.4. The number of benzene rings is 1. The molecule has 1 N–H and O–H groups in total. The summed E-state index contributed by atoms with van der Waals surface area (Å²) in [6.45, 7) is 0.741. The Kier molecular flexibility index (Phi) is 6.12. The molecule has 1 aliphatic heterocycles. The number of rotatable bonds is 4. The molecule has 2 aliphatic rings. The zero-order chi connectivity index (χ0) is 21.8. The van der Waals surface area contributed by atoms with Crippen LogP contribution >= 0.6 is 0 Å². The third-order valence-corrected chi connectivity index (χ3v) is 5.75. The Morgan fingerprint density at radius 3 is 2.81 bits per heavy atom. The number of pyridine rings is 1. The van der Waals surface area contributed by atoms with E-state index in [0.717, 1.165) is 60.2 Å². The zero-order valence-corrected chi connectivity index (χ0v) is 18.0. The molecule has 0 atom stereocenters. The van der Waals surface area contributed by atoms with Gasteiger partial charge in [-0.25, -0.2) is 0 Å². The molecule has 0 bridgehead atoms. The molecule has 0 unspecified atom stereocenters. The number of amides is 2. The molecular formula is C26H27N3O2. The molecule has 2 heterocycles. The number of aromatic nitrogens is 1. The SMILES string of the molecule is CN(C)C(=O)/C=C/c1cccc(-c2cc(C3=CC4=C(CCC3)CCNC4=O)ccn2)c1. The predicted molar refractivity (Wildman–Crippen MR) is 124 cm³/mol. The molecule has 31 heavy (non-hydrogen) atoms. The fourth-order valence-electron chi connectivity index (χ4n) is 4.02. The Balaban J connectivity index is 1.64. The average Bonchev–Trinajstić information content (AvgIpc) is 3.01. The van der Waals surface area contributed by atoms with Crippen molar-refractivity contribution in [1.29, 1.82) is 0 Å². The van der Waals surface area contributed by atoms with Crippen LogP contribution in [0.2, 0.25) is 0 Å². The molecule has 5 heteroatoms. The van der Waals surface area contributed by atoms with Crippen molar-refractivity contribution in [2.75, 3.05) is 20.6 Å². The van der Waals surface area contributed by atoms with Gasteiger partial charge in [0.15, 0.2) is 0 Å². The standard InChI is InChI=1S/C26H27N3O2/c1-29(2)25(30)10-9-18-5-3-8-22(15-18)24-17-21(12-13-27-24)20-7-4-6-19-11-14-28-26(31)23(19)16-20/h3,5,8-10,12-13,15-17H,4,6-7,11,14H2,1-2H3,(H,28,31)/b10-9+. The number of likely N-dealkylation sites (N-methyl/N-ethyl adjacent to an activating group) is 1. The third kappa shape index (κ3) is 4.82. The minimum Gasteiger partial charge on any atom is -0.352 e. The van der Waals surface area contributed by atoms with E-state index in [4.69, 9.17) is 0 Å². The summed E-state index contributed by atoms with van der Waals surface area (Å²) >= 11 is 0. The summed E-state index contributed by atoms with van der Waals surface area (Å²) < 4.78 is 0. The van der Waals surface area contributed by atoms with E-state index in [1.54, 1.807) is 25.1 Å². The van der Waals surface area contributed by atoms with Gasteiger partial charge in [-0.15, -0.1) is 0 Å². The third-order valence-electron chi connectivity index (χ3n) is 5.75. The largest absolute Gasteiger partial charge is 0.352 e. The first-order valence-electron chi connectivity index (χ1n) is 10.7. The molecule has 0 saturated heterocycles. The zero-order valence-electron chi connectivity index (χ0n) is 18.0. The summed E-state index contributed by atoms with van der Waals surface area (Å²) in [6.07, 6.45) is 11.2. The summed E-state index contributed by atoms with van der Waals surface area (Å²) in [7, 11) is 3.47. The Labute approximate surface area is 183 Å². The van der Waals surface area contributed by atoms with Gasteiger partial charge >= 0.3 is 0 Å². The number of allylic oxidation sites excluding steroid dienone is 1. The number of hydrogen-bond acceptors (Lipinski definition) is 3. The second kappa shape index (κ2) is 9.13. The molecule has 2 amide bonds. The van der Waals surface area contributed by atoms with E-state index in [1.165, 1.54) is 11.1 Å². The minimum atomic E-state index is -0.0498. The highest BCUT2D eigenvalue weighted by molar-refractivity contribution is 6.00. The topological polar surface area (TPSA) is 62.3 Å². The van der Waals surface area contributed by atoms with Crippen LogP contribution in [0.25, 0.3) is 22.9 Å². The monoisotopic (exact) mass is 413 g/mol. The summed E-state index contributed by atoms with van der Waals surface area (Å²) in [5.74, 6) is -0.00654. The Bertz CT molecular complexity index is 1110. The first-order chi connectivity index (χ1) is 15.0. The lowest BCUT2D eigenvalue weighted by Crippen LogP contribution is -2.30. The van der Waals surface area contributed by atoms with Gasteiger partial charge in [-0.1, -0.05) is 23.8 Å². The molecule has 0 radical (unpaired) electrons. The van der Waals surface area contributed by atoms with E-state index in [0.29, 0.717) is 0 Å². The van der Waals surface area contributed by atoms with Crippen molar-refractivity contribution in [2.45, 2.75) is 25.7 Å². The van der Waals surface area contributed by atoms with Gasteiger partial charge in [0.05, 0.1) is 5.69 Å². The highest BCUT2D eigenvalue weighted by atomic mass is 16.2. The van der Waals surface area contributed by atoms with E-state index >= 15 is 0 Å². The molecule has 0 fully saturated rings. The molecule has 1 aromatic carbocycles. The molecule has 1 aliphatic carbocycles. The lowest BCUT2D eigenvalue weighted by atomic mass is 9.97. The Hall–Kier alpha value is -3.47. The Morgan fingerprint density at radius 2 is 1.97 bits per heavy atom. The maximum atomic E-state index is 12.4. The molecule has 5 nitrogen and oxygen atoms in total. The van der Waals surface area contributed by atoms with Gasteiger partial charge in [-0.3, -0.25) is 14.6 Å². The molecule has 0 saturated carbocycles. The summed E-state index contributed by atoms with van der Waals surface area (Å²) in [5, 5.41) is 2.96. The van der Waals surface area contributed by atoms with Crippen LogP contribution in [-0.4, -0.2) is 42.3 Å². The quantitative estimate of drug-likeness (QED) is 0.763. The van der Waals surface area contributed by atoms with Gasteiger partial charge in [0.1, 0.15) is 0 Å². The Morgan fingerprint density at radius 1 is 1.10 bits per heavy atom. The summed E-state index contributed by atoms with van der Waals surface area (Å²) in [5.41, 5.74) is 7.21. The smallest absolute Gasteiger partial charge is 0.251 e. The van der Waals surface area contributed by atoms with Crippen molar-refractivity contribution in [2.24, 2.45) is 0 Å². The van der Waals surface area contributed by atoms with Crippen molar-refractivity contribution >= 4 is 23.5 Å². The van der Waals surface area contributed by atoms with Gasteiger partial charge in [-0.2, -0.15) is 0 Å². The fourth-order valence-corrected chi connectivity index (χ4v) is 4.02. The van der Waals surface area contributed by atoms with E-state index < -0.39 is 0 Å². The second-order valence-electron chi connectivity index (χ2n) is 8.17. The molecule has 4 rings (SSSR count). The van der Waals surface area contributed by atoms with E-state index in [9.17, 15) is 9.59 Å². The highest BCUT2D eigenvalue weighted by Gasteiger charge is 2.21. The number of nitrogens with one attached hydrogen (secondary N) is 1. The van der Waals surface area contributed by atoms with E-state index in [-0.39, 0.29) is 11.8 Å². The van der Waals surface area contributed by atoms with Gasteiger partial charge in [-0.05, 0) is 72.7 Å². The van der Waals surface area contributed by atoms with Crippen LogP contribution in [-0.2, 0) is 9.59 Å². The van der Waals surface area contributed by atoms with Crippen molar-refractivity contribution in [3.05, 3.63) is 77.0 Å². The van der Waals surface area contributed by atoms with E-state index in [2.05, 4.69) is 22.4 Å². The number of carbonyl (C=O) groups excluding carboxylic acids is 2. The highest BCUT2D eigenvalue weighted by Crippen LogP contribution is 2.33. The van der Waals surface area contributed by atoms with Crippen molar-refractivity contribution in [3.8, 4) is 11.3 Å². The molecule has 1 aromatic heterocycles. The van der Waals surface area contributed by atoms with Crippen LogP contribution in [0.15, 0.2) is 65.9 Å². The van der Waals surface area contributed by atoms with Crippen molar-refractivity contribution in [3.63, 3.8) is 0 Å². The number of nitrogens with zero attached hydrogens (tertiary/aromatic N) is 2. The maximum Gasteiger partial charge on any atom is 0.251 e. The number of hydrogen-bond donors (Lipinski definition) is 1. The van der Waals surface area contributed by atoms with Crippen LogP contribution in [0.3, 0.4) is 0 Å². The van der Waals surface area contributed by atoms with Crippen LogP contribution in [0.4, 0.5) is 0 Å².